The van der Waals surface area contributed by atoms with Crippen molar-refractivity contribution in [3.8, 4) is 5.75 Å². The zero-order valence-electron chi connectivity index (χ0n) is 19.0. The zero-order valence-corrected chi connectivity index (χ0v) is 19.0. The molecular weight excluding hydrogens is 400 g/mol. The lowest BCUT2D eigenvalue weighted by molar-refractivity contribution is -0.136. The maximum Gasteiger partial charge on any atom is 0.254 e. The predicted octanol–water partition coefficient (Wildman–Crippen LogP) is 4.67. The Morgan fingerprint density at radius 1 is 1.03 bits per heavy atom. The second-order valence-electron chi connectivity index (χ2n) is 8.57. The Kier molecular flexibility index (Phi) is 6.45. The van der Waals surface area contributed by atoms with Gasteiger partial charge < -0.3 is 14.5 Å². The topological polar surface area (TPSA) is 49.9 Å². The summed E-state index contributed by atoms with van der Waals surface area (Å²) in [4.78, 5) is 30.3. The molecule has 2 amide bonds. The molecule has 0 bridgehead atoms. The van der Waals surface area contributed by atoms with E-state index in [1.54, 1.807) is 12.0 Å². The third kappa shape index (κ3) is 4.33. The fourth-order valence-electron chi connectivity index (χ4n) is 4.60. The summed E-state index contributed by atoms with van der Waals surface area (Å²) in [5, 5.41) is 1.80. The molecule has 5 nitrogen and oxygen atoms in total. The van der Waals surface area contributed by atoms with Crippen molar-refractivity contribution in [1.82, 2.24) is 9.80 Å². The second kappa shape index (κ2) is 9.43. The third-order valence-electron chi connectivity index (χ3n) is 6.44. The zero-order chi connectivity index (χ0) is 22.7. The Labute approximate surface area is 189 Å². The quantitative estimate of drug-likeness (QED) is 0.591. The monoisotopic (exact) mass is 430 g/mol. The first-order chi connectivity index (χ1) is 15.5. The summed E-state index contributed by atoms with van der Waals surface area (Å²) in [6.07, 6.45) is 1.64. The number of benzene rings is 3. The van der Waals surface area contributed by atoms with Gasteiger partial charge in [0.1, 0.15) is 5.75 Å². The van der Waals surface area contributed by atoms with Crippen molar-refractivity contribution in [3.63, 3.8) is 0 Å². The lowest BCUT2D eigenvalue weighted by Gasteiger charge is -2.34. The minimum Gasteiger partial charge on any atom is -0.496 e. The number of ether oxygens (including phenoxy) is 1. The van der Waals surface area contributed by atoms with Gasteiger partial charge in [-0.3, -0.25) is 9.59 Å². The minimum atomic E-state index is -0.175. The van der Waals surface area contributed by atoms with Crippen LogP contribution in [0, 0.1) is 12.8 Å². The Hall–Kier alpha value is -3.34. The molecule has 0 aliphatic carbocycles. The predicted molar refractivity (Wildman–Crippen MR) is 127 cm³/mol. The number of fused-ring (bicyclic) bond motifs is 1. The maximum atomic E-state index is 13.4. The Morgan fingerprint density at radius 3 is 2.50 bits per heavy atom. The highest BCUT2D eigenvalue weighted by atomic mass is 16.5. The van der Waals surface area contributed by atoms with Crippen LogP contribution in [0.25, 0.3) is 10.8 Å². The molecule has 5 heteroatoms. The molecule has 0 spiro atoms. The molecule has 166 valence electrons. The third-order valence-corrected chi connectivity index (χ3v) is 6.44. The van der Waals surface area contributed by atoms with Gasteiger partial charge in [0, 0.05) is 37.6 Å². The first kappa shape index (κ1) is 21.9. The van der Waals surface area contributed by atoms with Crippen molar-refractivity contribution in [2.24, 2.45) is 5.92 Å². The van der Waals surface area contributed by atoms with Crippen LogP contribution >= 0.6 is 0 Å². The van der Waals surface area contributed by atoms with Gasteiger partial charge in [-0.1, -0.05) is 48.5 Å². The van der Waals surface area contributed by atoms with Crippen LogP contribution in [0.5, 0.6) is 5.75 Å². The maximum absolute atomic E-state index is 13.4. The molecule has 4 rings (SSSR count). The van der Waals surface area contributed by atoms with Gasteiger partial charge in [-0.25, -0.2) is 0 Å². The number of carbonyl (C=O) groups is 2. The van der Waals surface area contributed by atoms with Gasteiger partial charge in [-0.2, -0.15) is 0 Å². The highest BCUT2D eigenvalue weighted by molar-refractivity contribution is 6.08. The molecule has 0 radical (unpaired) electrons. The van der Waals surface area contributed by atoms with Crippen LogP contribution in [0.4, 0.5) is 0 Å². The lowest BCUT2D eigenvalue weighted by atomic mass is 9.95. The Morgan fingerprint density at radius 2 is 1.75 bits per heavy atom. The number of amides is 2. The van der Waals surface area contributed by atoms with Crippen LogP contribution in [0.2, 0.25) is 0 Å². The molecule has 3 aromatic rings. The lowest BCUT2D eigenvalue weighted by Crippen LogP contribution is -2.45. The normalized spacial score (nSPS) is 16.1. The summed E-state index contributed by atoms with van der Waals surface area (Å²) in [6, 6.07) is 19.6. The molecule has 3 aromatic carbocycles. The van der Waals surface area contributed by atoms with Gasteiger partial charge in [0.25, 0.3) is 5.91 Å². The summed E-state index contributed by atoms with van der Waals surface area (Å²) in [5.74, 6) is 0.654. The Balaban J connectivity index is 1.50. The number of likely N-dealkylation sites (tertiary alicyclic amines) is 1. The number of nitrogens with zero attached hydrogens (tertiary/aromatic N) is 2. The van der Waals surface area contributed by atoms with E-state index in [0.717, 1.165) is 34.9 Å². The summed E-state index contributed by atoms with van der Waals surface area (Å²) in [5.41, 5.74) is 2.98. The van der Waals surface area contributed by atoms with Crippen molar-refractivity contribution < 1.29 is 14.3 Å². The molecule has 0 aromatic heterocycles. The average Bonchev–Trinajstić information content (AvgIpc) is 2.84. The second-order valence-corrected chi connectivity index (χ2v) is 8.57. The standard InChI is InChI=1S/C27H30N2O3/c1-19-9-4-5-10-20(19)17-28(2)26(30)21-11-8-16-29(18-21)27(31)24-14-15-25(32-3)23-13-7-6-12-22(23)24/h4-7,9-10,12-15,21H,8,11,16-18H2,1-3H3/t21-/m1/s1. The van der Waals surface area contributed by atoms with E-state index in [9.17, 15) is 9.59 Å². The molecule has 0 saturated carbocycles. The number of hydrogen-bond acceptors (Lipinski definition) is 3. The van der Waals surface area contributed by atoms with E-state index < -0.39 is 0 Å². The molecule has 1 aliphatic rings. The SMILES string of the molecule is COc1ccc(C(=O)N2CCC[C@@H](C(=O)N(C)Cc3ccccc3C)C2)c2ccccc12. The van der Waals surface area contributed by atoms with Crippen molar-refractivity contribution in [2.75, 3.05) is 27.2 Å². The van der Waals surface area contributed by atoms with Gasteiger partial charge in [0.05, 0.1) is 13.0 Å². The van der Waals surface area contributed by atoms with Crippen LogP contribution in [0.15, 0.2) is 60.7 Å². The molecule has 1 fully saturated rings. The van der Waals surface area contributed by atoms with Crippen molar-refractivity contribution >= 4 is 22.6 Å². The van der Waals surface area contributed by atoms with E-state index in [1.165, 1.54) is 5.56 Å². The first-order valence-electron chi connectivity index (χ1n) is 11.1. The molecule has 1 atom stereocenters. The van der Waals surface area contributed by atoms with Crippen LogP contribution in [-0.2, 0) is 11.3 Å². The first-order valence-corrected chi connectivity index (χ1v) is 11.1. The minimum absolute atomic E-state index is 0.0251. The molecular formula is C27H30N2O3. The molecule has 1 aliphatic heterocycles. The van der Waals surface area contributed by atoms with Gasteiger partial charge in [-0.05, 0) is 48.4 Å². The number of hydrogen-bond donors (Lipinski definition) is 0. The van der Waals surface area contributed by atoms with Crippen molar-refractivity contribution in [2.45, 2.75) is 26.3 Å². The van der Waals surface area contributed by atoms with E-state index in [1.807, 2.05) is 60.5 Å². The Bertz CT molecular complexity index is 1140. The highest BCUT2D eigenvalue weighted by Gasteiger charge is 2.31. The summed E-state index contributed by atoms with van der Waals surface area (Å²) in [7, 11) is 3.49. The van der Waals surface area contributed by atoms with Crippen molar-refractivity contribution in [1.29, 1.82) is 0 Å². The molecule has 32 heavy (non-hydrogen) atoms. The smallest absolute Gasteiger partial charge is 0.254 e. The van der Waals surface area contributed by atoms with Crippen LogP contribution in [0.3, 0.4) is 0 Å². The summed E-state index contributed by atoms with van der Waals surface area (Å²) in [6.45, 7) is 3.77. The number of carbonyl (C=O) groups excluding carboxylic acids is 2. The fraction of sp³-hybridized carbons (Fsp3) is 0.333. The van der Waals surface area contributed by atoms with Gasteiger partial charge in [0.2, 0.25) is 5.91 Å². The van der Waals surface area contributed by atoms with Crippen LogP contribution in [-0.4, -0.2) is 48.9 Å². The van der Waals surface area contributed by atoms with Gasteiger partial charge >= 0.3 is 0 Å². The molecule has 1 heterocycles. The van der Waals surface area contributed by atoms with Gasteiger partial charge in [-0.15, -0.1) is 0 Å². The van der Waals surface area contributed by atoms with E-state index >= 15 is 0 Å². The largest absolute Gasteiger partial charge is 0.496 e. The summed E-state index contributed by atoms with van der Waals surface area (Å²) < 4.78 is 5.46. The van der Waals surface area contributed by atoms with E-state index in [-0.39, 0.29) is 17.7 Å². The van der Waals surface area contributed by atoms with E-state index in [4.69, 9.17) is 4.74 Å². The average molecular weight is 431 g/mol. The molecule has 0 unspecified atom stereocenters. The number of piperidine rings is 1. The van der Waals surface area contributed by atoms with Crippen molar-refractivity contribution in [3.05, 3.63) is 77.4 Å². The number of aryl methyl sites for hydroxylation is 1. The fourth-order valence-corrected chi connectivity index (χ4v) is 4.60. The molecule has 0 N–H and O–H groups in total. The number of rotatable bonds is 5. The van der Waals surface area contributed by atoms with E-state index in [0.29, 0.717) is 25.2 Å². The highest BCUT2D eigenvalue weighted by Crippen LogP contribution is 2.30. The number of methoxy groups -OCH3 is 1. The molecule has 1 saturated heterocycles. The van der Waals surface area contributed by atoms with Crippen LogP contribution < -0.4 is 4.74 Å². The van der Waals surface area contributed by atoms with E-state index in [2.05, 4.69) is 19.1 Å². The van der Waals surface area contributed by atoms with Gasteiger partial charge in [0.15, 0.2) is 0 Å². The van der Waals surface area contributed by atoms with Crippen LogP contribution in [0.1, 0.15) is 34.3 Å². The summed E-state index contributed by atoms with van der Waals surface area (Å²) >= 11 is 0.